The highest BCUT2D eigenvalue weighted by Gasteiger charge is 2.16. The number of rotatable bonds is 5. The van der Waals surface area contributed by atoms with E-state index in [1.54, 1.807) is 24.3 Å². The van der Waals surface area contributed by atoms with Gasteiger partial charge in [0.15, 0.2) is 18.1 Å². The molecule has 6 heteroatoms. The van der Waals surface area contributed by atoms with E-state index in [0.29, 0.717) is 29.7 Å². The summed E-state index contributed by atoms with van der Waals surface area (Å²) in [5.41, 5.74) is 0.944. The van der Waals surface area contributed by atoms with Crippen LogP contribution in [0.2, 0.25) is 5.02 Å². The van der Waals surface area contributed by atoms with E-state index in [9.17, 15) is 4.79 Å². The number of hydrogen-bond donors (Lipinski definition) is 1. The third kappa shape index (κ3) is 4.11. The minimum atomic E-state index is -0.202. The largest absolute Gasteiger partial charge is 0.486 e. The fourth-order valence-corrected chi connectivity index (χ4v) is 2.50. The molecule has 24 heavy (non-hydrogen) atoms. The summed E-state index contributed by atoms with van der Waals surface area (Å²) in [6, 6.07) is 12.4. The standard InChI is InChI=1S/C18H18ClNO4/c1-12(13-2-7-16-17(10-13)23-9-8-22-16)20-18(21)11-24-15-5-3-14(19)4-6-15/h2-7,10,12H,8-9,11H2,1H3,(H,20,21)/t12-/m0/s1. The molecule has 1 aliphatic rings. The lowest BCUT2D eigenvalue weighted by Crippen LogP contribution is -2.31. The number of amides is 1. The van der Waals surface area contributed by atoms with E-state index in [2.05, 4.69) is 5.32 Å². The van der Waals surface area contributed by atoms with Crippen LogP contribution in [0, 0.1) is 0 Å². The topological polar surface area (TPSA) is 56.8 Å². The molecule has 0 unspecified atom stereocenters. The molecule has 1 heterocycles. The molecule has 126 valence electrons. The smallest absolute Gasteiger partial charge is 0.258 e. The molecule has 0 aliphatic carbocycles. The van der Waals surface area contributed by atoms with Crippen molar-refractivity contribution in [3.05, 3.63) is 53.1 Å². The highest BCUT2D eigenvalue weighted by Crippen LogP contribution is 2.32. The summed E-state index contributed by atoms with van der Waals surface area (Å²) in [6.45, 7) is 2.94. The quantitative estimate of drug-likeness (QED) is 0.901. The Bertz CT molecular complexity index is 717. The molecule has 0 spiro atoms. The summed E-state index contributed by atoms with van der Waals surface area (Å²) in [6.07, 6.45) is 0. The highest BCUT2D eigenvalue weighted by molar-refractivity contribution is 6.30. The average Bonchev–Trinajstić information content (AvgIpc) is 2.61. The second-order valence-corrected chi connectivity index (χ2v) is 5.87. The van der Waals surface area contributed by atoms with Crippen molar-refractivity contribution in [2.24, 2.45) is 0 Å². The zero-order valence-electron chi connectivity index (χ0n) is 13.3. The molecule has 2 aromatic rings. The van der Waals surface area contributed by atoms with Gasteiger partial charge in [0.2, 0.25) is 0 Å². The van der Waals surface area contributed by atoms with Crippen molar-refractivity contribution in [2.45, 2.75) is 13.0 Å². The summed E-state index contributed by atoms with van der Waals surface area (Å²) in [7, 11) is 0. The number of ether oxygens (including phenoxy) is 3. The first-order valence-electron chi connectivity index (χ1n) is 7.69. The zero-order chi connectivity index (χ0) is 16.9. The van der Waals surface area contributed by atoms with Gasteiger partial charge in [-0.3, -0.25) is 4.79 Å². The fraction of sp³-hybridized carbons (Fsp3) is 0.278. The van der Waals surface area contributed by atoms with E-state index < -0.39 is 0 Å². The SMILES string of the molecule is C[C@H](NC(=O)COc1ccc(Cl)cc1)c1ccc2c(c1)OCCO2. The van der Waals surface area contributed by atoms with E-state index in [4.69, 9.17) is 25.8 Å². The molecule has 1 aliphatic heterocycles. The predicted molar refractivity (Wildman–Crippen MR) is 90.9 cm³/mol. The number of hydrogen-bond acceptors (Lipinski definition) is 4. The van der Waals surface area contributed by atoms with Crippen molar-refractivity contribution in [1.82, 2.24) is 5.32 Å². The molecule has 0 bridgehead atoms. The normalized spacial score (nSPS) is 13.9. The van der Waals surface area contributed by atoms with Crippen LogP contribution in [-0.4, -0.2) is 25.7 Å². The van der Waals surface area contributed by atoms with Crippen LogP contribution in [0.1, 0.15) is 18.5 Å². The lowest BCUT2D eigenvalue weighted by molar-refractivity contribution is -0.123. The van der Waals surface area contributed by atoms with Crippen LogP contribution in [-0.2, 0) is 4.79 Å². The van der Waals surface area contributed by atoms with Crippen molar-refractivity contribution in [3.8, 4) is 17.2 Å². The van der Waals surface area contributed by atoms with Gasteiger partial charge < -0.3 is 19.5 Å². The molecule has 1 amide bonds. The number of nitrogens with one attached hydrogen (secondary N) is 1. The van der Waals surface area contributed by atoms with Gasteiger partial charge in [0.25, 0.3) is 5.91 Å². The van der Waals surface area contributed by atoms with Gasteiger partial charge in [0.1, 0.15) is 19.0 Å². The monoisotopic (exact) mass is 347 g/mol. The first-order valence-corrected chi connectivity index (χ1v) is 8.07. The first kappa shape index (κ1) is 16.5. The average molecular weight is 348 g/mol. The van der Waals surface area contributed by atoms with E-state index in [-0.39, 0.29) is 18.6 Å². The Labute approximate surface area is 145 Å². The zero-order valence-corrected chi connectivity index (χ0v) is 14.0. The summed E-state index contributed by atoms with van der Waals surface area (Å²) in [5.74, 6) is 1.83. The Hall–Kier alpha value is -2.40. The predicted octanol–water partition coefficient (Wildman–Crippen LogP) is 3.37. The van der Waals surface area contributed by atoms with Crippen LogP contribution in [0.4, 0.5) is 0 Å². The van der Waals surface area contributed by atoms with Crippen LogP contribution in [0.5, 0.6) is 17.2 Å². The third-order valence-corrected chi connectivity index (χ3v) is 3.88. The van der Waals surface area contributed by atoms with Gasteiger partial charge in [-0.05, 0) is 48.9 Å². The number of halogens is 1. The minimum absolute atomic E-state index is 0.0590. The van der Waals surface area contributed by atoms with Crippen LogP contribution >= 0.6 is 11.6 Å². The van der Waals surface area contributed by atoms with Crippen LogP contribution in [0.3, 0.4) is 0 Å². The molecule has 2 aromatic carbocycles. The van der Waals surface area contributed by atoms with E-state index in [0.717, 1.165) is 11.3 Å². The molecular formula is C18H18ClNO4. The molecule has 0 saturated heterocycles. The second-order valence-electron chi connectivity index (χ2n) is 5.43. The highest BCUT2D eigenvalue weighted by atomic mass is 35.5. The fourth-order valence-electron chi connectivity index (χ4n) is 2.38. The van der Waals surface area contributed by atoms with Gasteiger partial charge in [-0.15, -0.1) is 0 Å². The van der Waals surface area contributed by atoms with Crippen molar-refractivity contribution >= 4 is 17.5 Å². The lowest BCUT2D eigenvalue weighted by atomic mass is 10.1. The number of fused-ring (bicyclic) bond motifs is 1. The molecule has 0 saturated carbocycles. The van der Waals surface area contributed by atoms with Gasteiger partial charge in [-0.1, -0.05) is 17.7 Å². The molecule has 3 rings (SSSR count). The number of carbonyl (C=O) groups excluding carboxylic acids is 1. The molecule has 1 atom stereocenters. The maximum absolute atomic E-state index is 12.0. The third-order valence-electron chi connectivity index (χ3n) is 3.63. The Balaban J connectivity index is 1.55. The summed E-state index contributed by atoms with van der Waals surface area (Å²) in [4.78, 5) is 12.0. The lowest BCUT2D eigenvalue weighted by Gasteiger charge is -2.21. The molecule has 0 fully saturated rings. The minimum Gasteiger partial charge on any atom is -0.486 e. The summed E-state index contributed by atoms with van der Waals surface area (Å²) in [5, 5.41) is 3.52. The van der Waals surface area contributed by atoms with Crippen molar-refractivity contribution < 1.29 is 19.0 Å². The Kier molecular flexibility index (Phi) is 5.11. The van der Waals surface area contributed by atoms with E-state index >= 15 is 0 Å². The Morgan fingerprint density at radius 2 is 1.88 bits per heavy atom. The molecule has 1 N–H and O–H groups in total. The van der Waals surface area contributed by atoms with Crippen LogP contribution in [0.15, 0.2) is 42.5 Å². The molecule has 0 radical (unpaired) electrons. The number of carbonyl (C=O) groups is 1. The van der Waals surface area contributed by atoms with Gasteiger partial charge in [0, 0.05) is 5.02 Å². The van der Waals surface area contributed by atoms with Crippen molar-refractivity contribution in [1.29, 1.82) is 0 Å². The maximum Gasteiger partial charge on any atom is 0.258 e. The summed E-state index contributed by atoms with van der Waals surface area (Å²) < 4.78 is 16.5. The van der Waals surface area contributed by atoms with Crippen molar-refractivity contribution in [3.63, 3.8) is 0 Å². The molecule has 5 nitrogen and oxygen atoms in total. The second kappa shape index (κ2) is 7.45. The molecular weight excluding hydrogens is 330 g/mol. The van der Waals surface area contributed by atoms with Gasteiger partial charge in [-0.2, -0.15) is 0 Å². The number of benzene rings is 2. The van der Waals surface area contributed by atoms with Crippen molar-refractivity contribution in [2.75, 3.05) is 19.8 Å². The van der Waals surface area contributed by atoms with Gasteiger partial charge >= 0.3 is 0 Å². The van der Waals surface area contributed by atoms with Crippen LogP contribution in [0.25, 0.3) is 0 Å². The first-order chi connectivity index (χ1) is 11.6. The summed E-state index contributed by atoms with van der Waals surface area (Å²) >= 11 is 5.81. The molecule has 0 aromatic heterocycles. The maximum atomic E-state index is 12.0. The van der Waals surface area contributed by atoms with Gasteiger partial charge in [-0.25, -0.2) is 0 Å². The van der Waals surface area contributed by atoms with Crippen LogP contribution < -0.4 is 19.5 Å². The van der Waals surface area contributed by atoms with E-state index in [1.807, 2.05) is 25.1 Å². The Morgan fingerprint density at radius 1 is 1.17 bits per heavy atom. The Morgan fingerprint density at radius 3 is 2.62 bits per heavy atom. The van der Waals surface area contributed by atoms with E-state index in [1.165, 1.54) is 0 Å². The van der Waals surface area contributed by atoms with Gasteiger partial charge in [0.05, 0.1) is 6.04 Å².